The van der Waals surface area contributed by atoms with Gasteiger partial charge in [0.25, 0.3) is 5.69 Å². The number of nitro benzene ring substituents is 1. The van der Waals surface area contributed by atoms with E-state index >= 15 is 0 Å². The van der Waals surface area contributed by atoms with E-state index < -0.39 is 4.92 Å². The molecule has 1 aromatic rings. The van der Waals surface area contributed by atoms with Gasteiger partial charge in [-0.2, -0.15) is 5.26 Å². The van der Waals surface area contributed by atoms with Crippen LogP contribution in [0.3, 0.4) is 0 Å². The van der Waals surface area contributed by atoms with Crippen LogP contribution in [0.15, 0.2) is 18.2 Å². The van der Waals surface area contributed by atoms with Gasteiger partial charge in [0.2, 0.25) is 0 Å². The summed E-state index contributed by atoms with van der Waals surface area (Å²) in [6, 6.07) is 5.97. The van der Waals surface area contributed by atoms with Crippen LogP contribution in [-0.4, -0.2) is 11.5 Å². The second-order valence-electron chi connectivity index (χ2n) is 4.43. The molecule has 0 spiro atoms. The summed E-state index contributed by atoms with van der Waals surface area (Å²) in [4.78, 5) is 10.0. The van der Waals surface area contributed by atoms with Crippen molar-refractivity contribution >= 4 is 5.69 Å². The molecule has 0 heterocycles. The van der Waals surface area contributed by atoms with Gasteiger partial charge in [-0.25, -0.2) is 0 Å². The summed E-state index contributed by atoms with van der Waals surface area (Å²) < 4.78 is 5.47. The Bertz CT molecular complexity index is 464. The predicted molar refractivity (Wildman–Crippen MR) is 67.4 cm³/mol. The summed E-state index contributed by atoms with van der Waals surface area (Å²) in [5.74, 6) is 1.02. The lowest BCUT2D eigenvalue weighted by Gasteiger charge is -2.08. The Labute approximate surface area is 106 Å². The lowest BCUT2D eigenvalue weighted by atomic mass is 10.1. The minimum absolute atomic E-state index is 0.0962. The molecule has 1 rings (SSSR count). The predicted octanol–water partition coefficient (Wildman–Crippen LogP) is 3.28. The van der Waals surface area contributed by atoms with Gasteiger partial charge in [-0.15, -0.1) is 0 Å². The molecule has 0 aromatic heterocycles. The second-order valence-corrected chi connectivity index (χ2v) is 4.43. The fourth-order valence-corrected chi connectivity index (χ4v) is 1.52. The Morgan fingerprint density at radius 2 is 2.22 bits per heavy atom. The van der Waals surface area contributed by atoms with Crippen molar-refractivity contribution in [2.24, 2.45) is 5.92 Å². The van der Waals surface area contributed by atoms with Gasteiger partial charge >= 0.3 is 0 Å². The molecule has 0 bridgehead atoms. The molecule has 0 saturated heterocycles. The minimum Gasteiger partial charge on any atom is -0.492 e. The van der Waals surface area contributed by atoms with Crippen LogP contribution in [0, 0.1) is 27.4 Å². The molecule has 0 N–H and O–H groups in total. The van der Waals surface area contributed by atoms with Gasteiger partial charge in [-0.3, -0.25) is 10.1 Å². The topological polar surface area (TPSA) is 76.2 Å². The second kappa shape index (κ2) is 6.60. The Morgan fingerprint density at radius 1 is 1.50 bits per heavy atom. The highest BCUT2D eigenvalue weighted by Gasteiger charge is 2.11. The molecule has 5 nitrogen and oxygen atoms in total. The Kier molecular flexibility index (Phi) is 5.12. The van der Waals surface area contributed by atoms with Gasteiger partial charge in [0, 0.05) is 12.1 Å². The maximum Gasteiger partial charge on any atom is 0.271 e. The van der Waals surface area contributed by atoms with E-state index in [9.17, 15) is 10.1 Å². The van der Waals surface area contributed by atoms with Crippen molar-refractivity contribution in [3.05, 3.63) is 33.9 Å². The average molecular weight is 248 g/mol. The van der Waals surface area contributed by atoms with Crippen molar-refractivity contribution in [3.63, 3.8) is 0 Å². The lowest BCUT2D eigenvalue weighted by molar-refractivity contribution is -0.384. The van der Waals surface area contributed by atoms with Crippen LogP contribution in [0.25, 0.3) is 0 Å². The highest BCUT2D eigenvalue weighted by molar-refractivity contribution is 5.50. The number of ether oxygens (including phenoxy) is 1. The zero-order valence-electron chi connectivity index (χ0n) is 10.5. The number of nitro groups is 1. The molecule has 0 aliphatic rings. The van der Waals surface area contributed by atoms with E-state index in [0.29, 0.717) is 18.3 Å². The zero-order chi connectivity index (χ0) is 13.5. The third kappa shape index (κ3) is 4.06. The first-order valence-electron chi connectivity index (χ1n) is 5.86. The fourth-order valence-electron chi connectivity index (χ4n) is 1.52. The normalized spacial score (nSPS) is 10.1. The van der Waals surface area contributed by atoms with E-state index in [-0.39, 0.29) is 11.3 Å². The fraction of sp³-hybridized carbons (Fsp3) is 0.462. The van der Waals surface area contributed by atoms with Crippen LogP contribution >= 0.6 is 0 Å². The van der Waals surface area contributed by atoms with Crippen LogP contribution in [0.4, 0.5) is 5.69 Å². The van der Waals surface area contributed by atoms with Crippen molar-refractivity contribution in [1.29, 1.82) is 5.26 Å². The quantitative estimate of drug-likeness (QED) is 0.439. The summed E-state index contributed by atoms with van der Waals surface area (Å²) in [5, 5.41) is 19.5. The summed E-state index contributed by atoms with van der Waals surface area (Å²) in [7, 11) is 0. The van der Waals surface area contributed by atoms with E-state index in [4.69, 9.17) is 10.00 Å². The number of rotatable bonds is 6. The van der Waals surface area contributed by atoms with Crippen molar-refractivity contribution in [1.82, 2.24) is 0 Å². The first-order chi connectivity index (χ1) is 8.54. The molecule has 96 valence electrons. The molecule has 0 amide bonds. The van der Waals surface area contributed by atoms with Crippen molar-refractivity contribution in [3.8, 4) is 11.8 Å². The lowest BCUT2D eigenvalue weighted by Crippen LogP contribution is -2.01. The van der Waals surface area contributed by atoms with E-state index in [0.717, 1.165) is 12.8 Å². The molecule has 0 aliphatic heterocycles. The van der Waals surface area contributed by atoms with Gasteiger partial charge in [0.1, 0.15) is 17.4 Å². The highest BCUT2D eigenvalue weighted by Crippen LogP contribution is 2.23. The molecular formula is C13H16N2O3. The highest BCUT2D eigenvalue weighted by atomic mass is 16.6. The van der Waals surface area contributed by atoms with E-state index in [1.54, 1.807) is 0 Å². The van der Waals surface area contributed by atoms with Crippen LogP contribution in [0.5, 0.6) is 5.75 Å². The number of non-ortho nitro benzene ring substituents is 1. The Balaban J connectivity index is 2.66. The van der Waals surface area contributed by atoms with E-state index in [1.165, 1.54) is 18.2 Å². The van der Waals surface area contributed by atoms with Crippen LogP contribution in [-0.2, 0) is 0 Å². The standard InChI is InChI=1S/C13H16N2O3/c1-10(2)4-3-7-18-13-6-5-12(15(16)17)8-11(13)9-14/h5-6,8,10H,3-4,7H2,1-2H3. The summed E-state index contributed by atoms with van der Waals surface area (Å²) in [6.07, 6.45) is 1.95. The molecule has 0 unspecified atom stereocenters. The summed E-state index contributed by atoms with van der Waals surface area (Å²) in [5.41, 5.74) is 0.106. The number of nitrogens with zero attached hydrogens (tertiary/aromatic N) is 2. The van der Waals surface area contributed by atoms with Gasteiger partial charge in [0.15, 0.2) is 0 Å². The van der Waals surface area contributed by atoms with E-state index in [1.807, 2.05) is 6.07 Å². The smallest absolute Gasteiger partial charge is 0.271 e. The number of benzene rings is 1. The molecule has 0 fully saturated rings. The van der Waals surface area contributed by atoms with Crippen LogP contribution in [0.2, 0.25) is 0 Å². The SMILES string of the molecule is CC(C)CCCOc1ccc([N+](=O)[O-])cc1C#N. The maximum absolute atomic E-state index is 10.6. The Hall–Kier alpha value is -2.09. The molecule has 0 saturated carbocycles. The van der Waals surface area contributed by atoms with Gasteiger partial charge < -0.3 is 4.74 Å². The third-order valence-corrected chi connectivity index (χ3v) is 2.48. The van der Waals surface area contributed by atoms with Gasteiger partial charge in [0.05, 0.1) is 11.5 Å². The molecule has 0 atom stereocenters. The monoisotopic (exact) mass is 248 g/mol. The first kappa shape index (κ1) is 14.0. The van der Waals surface area contributed by atoms with Gasteiger partial charge in [-0.05, 0) is 24.8 Å². The minimum atomic E-state index is -0.524. The molecule has 1 aromatic carbocycles. The molecular weight excluding hydrogens is 232 g/mol. The van der Waals surface area contributed by atoms with E-state index in [2.05, 4.69) is 13.8 Å². The van der Waals surface area contributed by atoms with Crippen LogP contribution in [0.1, 0.15) is 32.3 Å². The maximum atomic E-state index is 10.6. The number of hydrogen-bond donors (Lipinski definition) is 0. The van der Waals surface area contributed by atoms with Crippen molar-refractivity contribution in [2.75, 3.05) is 6.61 Å². The first-order valence-corrected chi connectivity index (χ1v) is 5.86. The third-order valence-electron chi connectivity index (χ3n) is 2.48. The molecule has 0 aliphatic carbocycles. The molecule has 0 radical (unpaired) electrons. The van der Waals surface area contributed by atoms with Crippen LogP contribution < -0.4 is 4.74 Å². The number of nitriles is 1. The number of hydrogen-bond acceptors (Lipinski definition) is 4. The van der Waals surface area contributed by atoms with Gasteiger partial charge in [-0.1, -0.05) is 13.8 Å². The Morgan fingerprint density at radius 3 is 2.78 bits per heavy atom. The summed E-state index contributed by atoms with van der Waals surface area (Å²) >= 11 is 0. The molecule has 5 heteroatoms. The average Bonchev–Trinajstić information content (AvgIpc) is 2.34. The largest absolute Gasteiger partial charge is 0.492 e. The molecule has 18 heavy (non-hydrogen) atoms. The summed E-state index contributed by atoms with van der Waals surface area (Å²) in [6.45, 7) is 4.78. The van der Waals surface area contributed by atoms with Crippen molar-refractivity contribution < 1.29 is 9.66 Å². The zero-order valence-corrected chi connectivity index (χ0v) is 10.5. The van der Waals surface area contributed by atoms with Crippen molar-refractivity contribution in [2.45, 2.75) is 26.7 Å².